The zero-order valence-corrected chi connectivity index (χ0v) is 33.8. The van der Waals surface area contributed by atoms with Crippen molar-refractivity contribution in [3.8, 4) is 0 Å². The molecule has 1 aliphatic carbocycles. The van der Waals surface area contributed by atoms with E-state index < -0.39 is 26.5 Å². The van der Waals surface area contributed by atoms with Crippen molar-refractivity contribution < 1.29 is 42.1 Å². The average molecular weight is 732 g/mol. The quantitative estimate of drug-likeness (QED) is 0.0274. The van der Waals surface area contributed by atoms with Gasteiger partial charge in [-0.1, -0.05) is 161 Å². The van der Waals surface area contributed by atoms with Gasteiger partial charge in [-0.25, -0.2) is 0 Å². The highest BCUT2D eigenvalue weighted by molar-refractivity contribution is 7.45. The maximum absolute atomic E-state index is 12.6. The smallest absolute Gasteiger partial charge is 0.306 e. The molecule has 0 saturated heterocycles. The van der Waals surface area contributed by atoms with Crippen LogP contribution < -0.4 is 4.89 Å². The van der Waals surface area contributed by atoms with Crippen molar-refractivity contribution in [2.75, 3.05) is 47.5 Å². The van der Waals surface area contributed by atoms with Gasteiger partial charge < -0.3 is 27.9 Å². The molecule has 50 heavy (non-hydrogen) atoms. The molecule has 0 bridgehead atoms. The Labute approximate surface area is 307 Å². The largest absolute Gasteiger partial charge is 0.756 e. The molecule has 0 N–H and O–H groups in total. The number of ether oxygens (including phenoxy) is 2. The molecule has 0 spiro atoms. The van der Waals surface area contributed by atoms with Crippen LogP contribution in [0.5, 0.6) is 0 Å². The predicted molar refractivity (Wildman–Crippen MR) is 202 cm³/mol. The molecular weight excluding hydrogens is 653 g/mol. The van der Waals surface area contributed by atoms with Crippen LogP contribution in [0.4, 0.5) is 0 Å². The lowest BCUT2D eigenvalue weighted by atomic mass is 9.99. The zero-order chi connectivity index (χ0) is 36.8. The summed E-state index contributed by atoms with van der Waals surface area (Å²) in [5.74, 6) is 0.172. The van der Waals surface area contributed by atoms with Crippen molar-refractivity contribution in [3.05, 3.63) is 0 Å². The van der Waals surface area contributed by atoms with Crippen LogP contribution in [0.1, 0.15) is 187 Å². The molecule has 0 heterocycles. The fraction of sp³-hybridized carbons (Fsp3) is 0.950. The molecule has 0 aromatic carbocycles. The Morgan fingerprint density at radius 2 is 1.12 bits per heavy atom. The number of unbranched alkanes of at least 4 members (excludes halogenated alkanes) is 19. The predicted octanol–water partition coefficient (Wildman–Crippen LogP) is 10.2. The Morgan fingerprint density at radius 3 is 1.62 bits per heavy atom. The molecule has 296 valence electrons. The average Bonchev–Trinajstić information content (AvgIpc) is 3.58. The maximum atomic E-state index is 12.6. The van der Waals surface area contributed by atoms with Crippen LogP contribution in [0.15, 0.2) is 0 Å². The number of hydrogen-bond donors (Lipinski definition) is 0. The Hall–Kier alpha value is -0.990. The molecule has 2 atom stereocenters. The van der Waals surface area contributed by atoms with Crippen LogP contribution in [0.25, 0.3) is 0 Å². The van der Waals surface area contributed by atoms with Crippen molar-refractivity contribution >= 4 is 19.8 Å². The normalized spacial score (nSPS) is 15.6. The van der Waals surface area contributed by atoms with Gasteiger partial charge >= 0.3 is 11.9 Å². The number of carbonyl (C=O) groups is 2. The van der Waals surface area contributed by atoms with Crippen molar-refractivity contribution in [1.29, 1.82) is 0 Å². The summed E-state index contributed by atoms with van der Waals surface area (Å²) in [6.45, 7) is 2.00. The van der Waals surface area contributed by atoms with Gasteiger partial charge in [-0.05, 0) is 18.8 Å². The molecule has 1 saturated carbocycles. The van der Waals surface area contributed by atoms with E-state index in [0.29, 0.717) is 17.4 Å². The minimum Gasteiger partial charge on any atom is -0.756 e. The number of likely N-dealkylation sites (N-methyl/N-ethyl adjacent to an activating group) is 1. The van der Waals surface area contributed by atoms with Crippen LogP contribution in [0.2, 0.25) is 0 Å². The van der Waals surface area contributed by atoms with Gasteiger partial charge in [0.2, 0.25) is 0 Å². The maximum Gasteiger partial charge on any atom is 0.306 e. The van der Waals surface area contributed by atoms with E-state index in [2.05, 4.69) is 6.92 Å². The van der Waals surface area contributed by atoms with Crippen LogP contribution in [-0.4, -0.2) is 70.0 Å². The fourth-order valence-electron chi connectivity index (χ4n) is 6.61. The second kappa shape index (κ2) is 30.5. The number of phosphoric acid groups is 1. The highest BCUT2D eigenvalue weighted by Gasteiger charge is 2.22. The minimum atomic E-state index is -4.61. The number of phosphoric ester groups is 1. The number of quaternary nitrogens is 1. The Kier molecular flexibility index (Phi) is 28.7. The summed E-state index contributed by atoms with van der Waals surface area (Å²) in [6, 6.07) is 0. The molecule has 0 aliphatic heterocycles. The molecule has 1 rings (SSSR count). The Morgan fingerprint density at radius 1 is 0.660 bits per heavy atom. The molecule has 9 nitrogen and oxygen atoms in total. The highest BCUT2D eigenvalue weighted by atomic mass is 31.2. The third-order valence-electron chi connectivity index (χ3n) is 9.86. The first-order chi connectivity index (χ1) is 24.0. The standard InChI is InChI=1S/C40H78NO8P/c1-5-6-7-8-9-10-11-12-13-14-19-22-25-32-40(43)49-38(36-48-50(44,45)47-34-33-41(2,3)4)35-46-39(42)31-24-21-18-16-15-17-20-23-28-37-29-26-27-30-37/h37-38H,5-36H2,1-4H3/t38-/m1/s1. The van der Waals surface area contributed by atoms with E-state index in [9.17, 15) is 19.0 Å². The summed E-state index contributed by atoms with van der Waals surface area (Å²) in [4.78, 5) is 37.4. The first-order valence-corrected chi connectivity index (χ1v) is 22.2. The highest BCUT2D eigenvalue weighted by Crippen LogP contribution is 2.38. The molecule has 1 aliphatic rings. The summed E-state index contributed by atoms with van der Waals surface area (Å²) in [5.41, 5.74) is 0. The van der Waals surface area contributed by atoms with E-state index >= 15 is 0 Å². The first kappa shape index (κ1) is 47.0. The van der Waals surface area contributed by atoms with Crippen LogP contribution >= 0.6 is 7.82 Å². The number of carbonyl (C=O) groups excluding carboxylic acids is 2. The summed E-state index contributed by atoms with van der Waals surface area (Å²) < 4.78 is 33.8. The van der Waals surface area contributed by atoms with Gasteiger partial charge in [-0.3, -0.25) is 14.2 Å². The second-order valence-electron chi connectivity index (χ2n) is 15.9. The summed E-state index contributed by atoms with van der Waals surface area (Å²) in [7, 11) is 1.18. The van der Waals surface area contributed by atoms with Gasteiger partial charge in [0.1, 0.15) is 19.8 Å². The van der Waals surface area contributed by atoms with E-state index in [1.54, 1.807) is 0 Å². The van der Waals surface area contributed by atoms with Gasteiger partial charge in [-0.2, -0.15) is 0 Å². The monoisotopic (exact) mass is 732 g/mol. The van der Waals surface area contributed by atoms with Crippen LogP contribution in [0, 0.1) is 5.92 Å². The van der Waals surface area contributed by atoms with Gasteiger partial charge in [0.15, 0.2) is 6.10 Å². The second-order valence-corrected chi connectivity index (χ2v) is 17.3. The lowest BCUT2D eigenvalue weighted by molar-refractivity contribution is -0.870. The number of hydrogen-bond acceptors (Lipinski definition) is 8. The number of esters is 2. The van der Waals surface area contributed by atoms with Crippen LogP contribution in [-0.2, 0) is 32.7 Å². The van der Waals surface area contributed by atoms with Crippen molar-refractivity contribution in [2.24, 2.45) is 5.92 Å². The van der Waals surface area contributed by atoms with Gasteiger partial charge in [0.25, 0.3) is 7.82 Å². The van der Waals surface area contributed by atoms with Gasteiger partial charge in [0.05, 0.1) is 27.7 Å². The fourth-order valence-corrected chi connectivity index (χ4v) is 7.33. The Balaban J connectivity index is 2.28. The van der Waals surface area contributed by atoms with Crippen molar-refractivity contribution in [1.82, 2.24) is 0 Å². The lowest BCUT2D eigenvalue weighted by Gasteiger charge is -2.28. The lowest BCUT2D eigenvalue weighted by Crippen LogP contribution is -2.37. The third kappa shape index (κ3) is 30.6. The summed E-state index contributed by atoms with van der Waals surface area (Å²) in [6.07, 6.45) is 31.7. The summed E-state index contributed by atoms with van der Waals surface area (Å²) in [5, 5.41) is 0. The number of rotatable bonds is 35. The van der Waals surface area contributed by atoms with E-state index in [4.69, 9.17) is 18.5 Å². The van der Waals surface area contributed by atoms with E-state index in [-0.39, 0.29) is 32.0 Å². The molecule has 0 aromatic rings. The Bertz CT molecular complexity index is 874. The van der Waals surface area contributed by atoms with Gasteiger partial charge in [0, 0.05) is 12.8 Å². The van der Waals surface area contributed by atoms with Gasteiger partial charge in [-0.15, -0.1) is 0 Å². The van der Waals surface area contributed by atoms with Crippen LogP contribution in [0.3, 0.4) is 0 Å². The molecule has 10 heteroatoms. The topological polar surface area (TPSA) is 111 Å². The van der Waals surface area contributed by atoms with Crippen molar-refractivity contribution in [3.63, 3.8) is 0 Å². The zero-order valence-electron chi connectivity index (χ0n) is 32.9. The number of nitrogens with zero attached hydrogens (tertiary/aromatic N) is 1. The molecule has 1 fully saturated rings. The molecule has 0 radical (unpaired) electrons. The third-order valence-corrected chi connectivity index (χ3v) is 10.8. The summed E-state index contributed by atoms with van der Waals surface area (Å²) >= 11 is 0. The SMILES string of the molecule is CCCCCCCCCCCCCCCC(=O)O[C@H](COC(=O)CCCCCCCCCCC1CCCC1)COP(=O)([O-])OCC[N+](C)(C)C. The first-order valence-electron chi connectivity index (χ1n) is 20.8. The van der Waals surface area contributed by atoms with E-state index in [1.807, 2.05) is 21.1 Å². The van der Waals surface area contributed by atoms with E-state index in [1.165, 1.54) is 128 Å². The molecule has 0 aromatic heterocycles. The molecular formula is C40H78NO8P. The molecule has 0 amide bonds. The van der Waals surface area contributed by atoms with E-state index in [0.717, 1.165) is 38.0 Å². The minimum absolute atomic E-state index is 0.0246. The van der Waals surface area contributed by atoms with Crippen molar-refractivity contribution in [2.45, 2.75) is 193 Å². The molecule has 1 unspecified atom stereocenters.